The second-order valence-corrected chi connectivity index (χ2v) is 3.87. The smallest absolute Gasteiger partial charge is 0.0696 e. The van der Waals surface area contributed by atoms with E-state index in [4.69, 9.17) is 5.11 Å². The fourth-order valence-corrected chi connectivity index (χ4v) is 1.57. The van der Waals surface area contributed by atoms with Crippen molar-refractivity contribution in [3.63, 3.8) is 0 Å². The van der Waals surface area contributed by atoms with Crippen molar-refractivity contribution < 1.29 is 5.11 Å². The molecular weight excluding hydrogens is 156 g/mol. The van der Waals surface area contributed by atoms with Crippen molar-refractivity contribution in [3.05, 3.63) is 28.0 Å². The number of rotatable bonds is 2. The van der Waals surface area contributed by atoms with Gasteiger partial charge in [0.15, 0.2) is 0 Å². The fourth-order valence-electron chi connectivity index (χ4n) is 0.777. The highest BCUT2D eigenvalue weighted by Gasteiger charge is 1.91. The molecule has 1 atom stereocenters. The van der Waals surface area contributed by atoms with E-state index < -0.39 is 0 Å². The van der Waals surface area contributed by atoms with Gasteiger partial charge >= 0.3 is 0 Å². The summed E-state index contributed by atoms with van der Waals surface area (Å²) in [6.07, 6.45) is 3.38. The van der Waals surface area contributed by atoms with E-state index in [2.05, 4.69) is 19.1 Å². The molecule has 1 unspecified atom stereocenters. The molecule has 11 heavy (non-hydrogen) atoms. The van der Waals surface area contributed by atoms with E-state index in [0.717, 1.165) is 0 Å². The van der Waals surface area contributed by atoms with Crippen molar-refractivity contribution in [1.29, 1.82) is 0 Å². The molecule has 0 spiro atoms. The van der Waals surface area contributed by atoms with Crippen molar-refractivity contribution in [2.24, 2.45) is 0 Å². The van der Waals surface area contributed by atoms with Gasteiger partial charge in [0, 0.05) is 9.75 Å². The second kappa shape index (κ2) is 3.69. The number of hydrogen-bond donors (Lipinski definition) is 1. The zero-order valence-corrected chi connectivity index (χ0v) is 7.56. The first-order valence-electron chi connectivity index (χ1n) is 3.61. The molecule has 1 aromatic rings. The molecule has 0 amide bonds. The lowest BCUT2D eigenvalue weighted by Crippen LogP contribution is -1.90. The second-order valence-electron chi connectivity index (χ2n) is 2.55. The molecule has 0 fully saturated rings. The summed E-state index contributed by atoms with van der Waals surface area (Å²) in [4.78, 5) is 2.50. The van der Waals surface area contributed by atoms with Crippen molar-refractivity contribution in [2.45, 2.75) is 20.0 Å². The highest BCUT2D eigenvalue weighted by atomic mass is 32.1. The van der Waals surface area contributed by atoms with E-state index in [1.165, 1.54) is 9.75 Å². The molecule has 60 valence electrons. The molecule has 0 aliphatic carbocycles. The number of aliphatic hydroxyl groups excluding tert-OH is 1. The average Bonchev–Trinajstić information content (AvgIpc) is 2.31. The topological polar surface area (TPSA) is 20.2 Å². The van der Waals surface area contributed by atoms with Crippen molar-refractivity contribution in [3.8, 4) is 0 Å². The Balaban J connectivity index is 2.64. The zero-order valence-electron chi connectivity index (χ0n) is 6.74. The Morgan fingerprint density at radius 1 is 1.55 bits per heavy atom. The zero-order chi connectivity index (χ0) is 8.27. The van der Waals surface area contributed by atoms with Gasteiger partial charge in [-0.15, -0.1) is 11.3 Å². The van der Waals surface area contributed by atoms with Gasteiger partial charge in [0.25, 0.3) is 0 Å². The largest absolute Gasteiger partial charge is 0.389 e. The van der Waals surface area contributed by atoms with Gasteiger partial charge in [-0.25, -0.2) is 0 Å². The minimum absolute atomic E-state index is 0.350. The minimum atomic E-state index is -0.350. The van der Waals surface area contributed by atoms with Crippen LogP contribution in [0.4, 0.5) is 0 Å². The lowest BCUT2D eigenvalue weighted by molar-refractivity contribution is 0.245. The van der Waals surface area contributed by atoms with Crippen LogP contribution in [-0.2, 0) is 0 Å². The Hall–Kier alpha value is -0.600. The molecule has 0 aliphatic heterocycles. The Morgan fingerprint density at radius 2 is 2.27 bits per heavy atom. The molecule has 2 heteroatoms. The van der Waals surface area contributed by atoms with Crippen LogP contribution in [0.15, 0.2) is 18.2 Å². The Kier molecular flexibility index (Phi) is 2.85. The summed E-state index contributed by atoms with van der Waals surface area (Å²) in [5, 5.41) is 8.94. The maximum Gasteiger partial charge on any atom is 0.0696 e. The summed E-state index contributed by atoms with van der Waals surface area (Å²) < 4.78 is 0. The van der Waals surface area contributed by atoms with Gasteiger partial charge in [0.1, 0.15) is 0 Å². The number of hydrogen-bond acceptors (Lipinski definition) is 2. The SMILES string of the molecule is Cc1ccc(/C=C/C(C)O)s1. The third-order valence-electron chi connectivity index (χ3n) is 1.30. The van der Waals surface area contributed by atoms with Crippen LogP contribution in [0.1, 0.15) is 16.7 Å². The van der Waals surface area contributed by atoms with Crippen LogP contribution in [0.2, 0.25) is 0 Å². The van der Waals surface area contributed by atoms with Crippen LogP contribution in [0.3, 0.4) is 0 Å². The normalized spacial score (nSPS) is 14.1. The monoisotopic (exact) mass is 168 g/mol. The summed E-state index contributed by atoms with van der Waals surface area (Å²) in [6.45, 7) is 3.82. The van der Waals surface area contributed by atoms with Crippen LogP contribution in [0.25, 0.3) is 6.08 Å². The molecule has 1 aromatic heterocycles. The molecular formula is C9H12OS. The summed E-state index contributed by atoms with van der Waals surface area (Å²) >= 11 is 1.73. The first kappa shape index (κ1) is 8.50. The van der Waals surface area contributed by atoms with Crippen LogP contribution < -0.4 is 0 Å². The van der Waals surface area contributed by atoms with Crippen LogP contribution in [0, 0.1) is 6.92 Å². The molecule has 1 rings (SSSR count). The van der Waals surface area contributed by atoms with Gasteiger partial charge in [0.05, 0.1) is 6.10 Å². The highest BCUT2D eigenvalue weighted by Crippen LogP contribution is 2.16. The van der Waals surface area contributed by atoms with Crippen molar-refractivity contribution >= 4 is 17.4 Å². The standard InChI is InChI=1S/C9H12OS/c1-7(10)3-5-9-6-4-8(2)11-9/h3-7,10H,1-2H3/b5-3+. The van der Waals surface area contributed by atoms with E-state index in [0.29, 0.717) is 0 Å². The molecule has 1 heterocycles. The lowest BCUT2D eigenvalue weighted by atomic mass is 10.3. The van der Waals surface area contributed by atoms with Gasteiger partial charge in [-0.05, 0) is 32.1 Å². The number of aliphatic hydroxyl groups is 1. The molecule has 0 saturated carbocycles. The summed E-state index contributed by atoms with van der Waals surface area (Å²) in [5.74, 6) is 0. The van der Waals surface area contributed by atoms with Gasteiger partial charge < -0.3 is 5.11 Å². The quantitative estimate of drug-likeness (QED) is 0.719. The number of thiophene rings is 1. The Morgan fingerprint density at radius 3 is 2.73 bits per heavy atom. The highest BCUT2D eigenvalue weighted by molar-refractivity contribution is 7.12. The summed E-state index contributed by atoms with van der Waals surface area (Å²) in [5.41, 5.74) is 0. The predicted molar refractivity (Wildman–Crippen MR) is 49.8 cm³/mol. The van der Waals surface area contributed by atoms with E-state index in [1.807, 2.05) is 6.08 Å². The van der Waals surface area contributed by atoms with E-state index in [1.54, 1.807) is 24.3 Å². The van der Waals surface area contributed by atoms with Crippen molar-refractivity contribution in [2.75, 3.05) is 0 Å². The number of aryl methyl sites for hydroxylation is 1. The minimum Gasteiger partial charge on any atom is -0.389 e. The predicted octanol–water partition coefficient (Wildman–Crippen LogP) is 2.45. The summed E-state index contributed by atoms with van der Waals surface area (Å²) in [6, 6.07) is 4.13. The molecule has 0 bridgehead atoms. The van der Waals surface area contributed by atoms with Crippen LogP contribution in [0.5, 0.6) is 0 Å². The molecule has 0 aliphatic rings. The average molecular weight is 168 g/mol. The van der Waals surface area contributed by atoms with Gasteiger partial charge in [-0.1, -0.05) is 6.08 Å². The van der Waals surface area contributed by atoms with E-state index in [9.17, 15) is 0 Å². The van der Waals surface area contributed by atoms with Crippen LogP contribution in [-0.4, -0.2) is 11.2 Å². The van der Waals surface area contributed by atoms with Gasteiger partial charge in [0.2, 0.25) is 0 Å². The maximum absolute atomic E-state index is 8.94. The first-order valence-corrected chi connectivity index (χ1v) is 4.43. The molecule has 1 N–H and O–H groups in total. The van der Waals surface area contributed by atoms with Gasteiger partial charge in [-0.2, -0.15) is 0 Å². The third-order valence-corrected chi connectivity index (χ3v) is 2.27. The fraction of sp³-hybridized carbons (Fsp3) is 0.333. The van der Waals surface area contributed by atoms with E-state index in [-0.39, 0.29) is 6.10 Å². The summed E-state index contributed by atoms with van der Waals surface area (Å²) in [7, 11) is 0. The molecule has 0 aromatic carbocycles. The Labute approximate surface area is 71.0 Å². The van der Waals surface area contributed by atoms with Crippen molar-refractivity contribution in [1.82, 2.24) is 0 Å². The van der Waals surface area contributed by atoms with E-state index >= 15 is 0 Å². The first-order chi connectivity index (χ1) is 5.18. The lowest BCUT2D eigenvalue weighted by Gasteiger charge is -1.90. The third kappa shape index (κ3) is 2.87. The molecule has 0 saturated heterocycles. The molecule has 0 radical (unpaired) electrons. The maximum atomic E-state index is 8.94. The van der Waals surface area contributed by atoms with Crippen LogP contribution >= 0.6 is 11.3 Å². The Bertz CT molecular complexity index is 248. The molecule has 1 nitrogen and oxygen atoms in total. The van der Waals surface area contributed by atoms with Gasteiger partial charge in [-0.3, -0.25) is 0 Å².